The molecule has 0 radical (unpaired) electrons. The standard InChI is InChI=1S/C7H11F3N2O5S2/c1-2-6(13)11-4-3-5-18(14,15)12-19(16,17)7(8,9)10/h2,12H,1,3-5H2,(H,11,13). The Kier molecular flexibility index (Phi) is 5.96. The van der Waals surface area contributed by atoms with E-state index in [4.69, 9.17) is 0 Å². The van der Waals surface area contributed by atoms with Crippen LogP contribution in [0.3, 0.4) is 0 Å². The van der Waals surface area contributed by atoms with E-state index in [-0.39, 0.29) is 13.0 Å². The van der Waals surface area contributed by atoms with Crippen molar-refractivity contribution in [2.75, 3.05) is 12.3 Å². The molecule has 0 rings (SSSR count). The predicted octanol–water partition coefficient (Wildman–Crippen LogP) is -0.552. The molecule has 0 aliphatic rings. The average molecular weight is 324 g/mol. The molecule has 0 aliphatic carbocycles. The van der Waals surface area contributed by atoms with Crippen molar-refractivity contribution in [2.24, 2.45) is 0 Å². The largest absolute Gasteiger partial charge is 0.512 e. The maximum Gasteiger partial charge on any atom is 0.512 e. The molecule has 2 N–H and O–H groups in total. The molecule has 0 fully saturated rings. The number of hydrogen-bond donors (Lipinski definition) is 2. The van der Waals surface area contributed by atoms with Gasteiger partial charge in [-0.15, -0.1) is 4.13 Å². The minimum absolute atomic E-state index is 0.155. The summed E-state index contributed by atoms with van der Waals surface area (Å²) in [4.78, 5) is 10.7. The molecule has 1 amide bonds. The Morgan fingerprint density at radius 1 is 1.21 bits per heavy atom. The second-order valence-corrected chi connectivity index (χ2v) is 6.97. The van der Waals surface area contributed by atoms with E-state index in [2.05, 4.69) is 11.9 Å². The van der Waals surface area contributed by atoms with Crippen LogP contribution in [0.1, 0.15) is 6.42 Å². The SMILES string of the molecule is C=CC(=O)NCCCS(=O)(=O)NS(=O)(=O)C(F)(F)F. The van der Waals surface area contributed by atoms with Crippen molar-refractivity contribution in [3.05, 3.63) is 12.7 Å². The lowest BCUT2D eigenvalue weighted by Crippen LogP contribution is -2.41. The fraction of sp³-hybridized carbons (Fsp3) is 0.571. The van der Waals surface area contributed by atoms with Crippen molar-refractivity contribution in [3.8, 4) is 0 Å². The maximum absolute atomic E-state index is 11.9. The summed E-state index contributed by atoms with van der Waals surface area (Å²) < 4.78 is 79.6. The predicted molar refractivity (Wildman–Crippen MR) is 59.7 cm³/mol. The lowest BCUT2D eigenvalue weighted by molar-refractivity contribution is -0.116. The molecule has 7 nitrogen and oxygen atoms in total. The fourth-order valence-electron chi connectivity index (χ4n) is 0.802. The van der Waals surface area contributed by atoms with Crippen molar-refractivity contribution in [3.63, 3.8) is 0 Å². The van der Waals surface area contributed by atoms with E-state index in [9.17, 15) is 34.8 Å². The molecule has 0 unspecified atom stereocenters. The summed E-state index contributed by atoms with van der Waals surface area (Å²) in [5.41, 5.74) is -5.71. The van der Waals surface area contributed by atoms with Crippen molar-refractivity contribution in [1.82, 2.24) is 9.44 Å². The Morgan fingerprint density at radius 2 is 1.74 bits per heavy atom. The molecule has 12 heteroatoms. The van der Waals surface area contributed by atoms with Crippen LogP contribution in [-0.2, 0) is 24.8 Å². The molecule has 0 atom stereocenters. The van der Waals surface area contributed by atoms with Gasteiger partial charge in [0.15, 0.2) is 0 Å². The first-order chi connectivity index (χ1) is 8.41. The molecule has 19 heavy (non-hydrogen) atoms. The van der Waals surface area contributed by atoms with Gasteiger partial charge in [-0.3, -0.25) is 4.79 Å². The summed E-state index contributed by atoms with van der Waals surface area (Å²) in [5.74, 6) is -1.48. The molecule has 0 heterocycles. The van der Waals surface area contributed by atoms with Crippen LogP contribution in [0.2, 0.25) is 0 Å². The first-order valence-corrected chi connectivity index (χ1v) is 7.77. The number of carbonyl (C=O) groups excluding carboxylic acids is 1. The van der Waals surface area contributed by atoms with Gasteiger partial charge in [0.05, 0.1) is 5.75 Å². The molecule has 0 saturated heterocycles. The Labute approximate surface area is 108 Å². The molecule has 0 saturated carbocycles. The van der Waals surface area contributed by atoms with Crippen molar-refractivity contribution < 1.29 is 34.8 Å². The van der Waals surface area contributed by atoms with Crippen LogP contribution in [0.15, 0.2) is 12.7 Å². The molecule has 0 aromatic heterocycles. The topological polar surface area (TPSA) is 109 Å². The quantitative estimate of drug-likeness (QED) is 0.482. The van der Waals surface area contributed by atoms with Crippen LogP contribution in [0.4, 0.5) is 13.2 Å². The third-order valence-electron chi connectivity index (χ3n) is 1.62. The Hall–Kier alpha value is -1.14. The summed E-state index contributed by atoms with van der Waals surface area (Å²) in [6.07, 6.45) is 0.656. The first-order valence-electron chi connectivity index (χ1n) is 4.64. The van der Waals surface area contributed by atoms with Gasteiger partial charge in [-0.2, -0.15) is 13.2 Å². The maximum atomic E-state index is 11.9. The number of alkyl halides is 3. The summed E-state index contributed by atoms with van der Waals surface area (Å²) in [6, 6.07) is 0. The zero-order chi connectivity index (χ0) is 15.3. The third kappa shape index (κ3) is 6.54. The number of sulfonamides is 2. The molecular weight excluding hydrogens is 313 g/mol. The third-order valence-corrected chi connectivity index (χ3v) is 4.94. The minimum Gasteiger partial charge on any atom is -0.353 e. The van der Waals surface area contributed by atoms with Crippen molar-refractivity contribution in [2.45, 2.75) is 11.9 Å². The normalized spacial score (nSPS) is 13.0. The summed E-state index contributed by atoms with van der Waals surface area (Å²) >= 11 is 0. The van der Waals surface area contributed by atoms with Crippen LogP contribution < -0.4 is 9.44 Å². The second kappa shape index (κ2) is 6.34. The van der Waals surface area contributed by atoms with E-state index in [0.29, 0.717) is 4.13 Å². The number of carbonyl (C=O) groups is 1. The zero-order valence-corrected chi connectivity index (χ0v) is 11.0. The second-order valence-electron chi connectivity index (χ2n) is 3.20. The fourth-order valence-corrected chi connectivity index (χ4v) is 3.37. The van der Waals surface area contributed by atoms with Gasteiger partial charge < -0.3 is 5.32 Å². The van der Waals surface area contributed by atoms with Gasteiger partial charge in [-0.05, 0) is 12.5 Å². The highest BCUT2D eigenvalue weighted by atomic mass is 32.3. The summed E-state index contributed by atoms with van der Waals surface area (Å²) in [5, 5.41) is 2.18. The van der Waals surface area contributed by atoms with Gasteiger partial charge in [0.25, 0.3) is 0 Å². The van der Waals surface area contributed by atoms with Gasteiger partial charge in [-0.25, -0.2) is 16.8 Å². The highest BCUT2D eigenvalue weighted by Crippen LogP contribution is 2.22. The number of nitrogens with one attached hydrogen (secondary N) is 2. The summed E-state index contributed by atoms with van der Waals surface area (Å²) in [7, 11) is -10.6. The monoisotopic (exact) mass is 324 g/mol. The van der Waals surface area contributed by atoms with E-state index < -0.39 is 37.2 Å². The van der Waals surface area contributed by atoms with E-state index in [0.717, 1.165) is 6.08 Å². The van der Waals surface area contributed by atoms with E-state index in [1.165, 1.54) is 0 Å². The molecule has 112 valence electrons. The minimum atomic E-state index is -5.96. The molecule has 0 bridgehead atoms. The number of rotatable bonds is 7. The molecular formula is C7H11F3N2O5S2. The van der Waals surface area contributed by atoms with E-state index in [1.807, 2.05) is 0 Å². The summed E-state index contributed by atoms with van der Waals surface area (Å²) in [6.45, 7) is 2.96. The highest BCUT2D eigenvalue weighted by Gasteiger charge is 2.48. The first kappa shape index (κ1) is 17.9. The number of amides is 1. The van der Waals surface area contributed by atoms with Gasteiger partial charge in [0, 0.05) is 6.54 Å². The van der Waals surface area contributed by atoms with E-state index in [1.54, 1.807) is 0 Å². The lowest BCUT2D eigenvalue weighted by atomic mass is 10.4. The lowest BCUT2D eigenvalue weighted by Gasteiger charge is -2.10. The smallest absolute Gasteiger partial charge is 0.353 e. The number of hydrogen-bond acceptors (Lipinski definition) is 5. The van der Waals surface area contributed by atoms with Gasteiger partial charge in [-0.1, -0.05) is 6.58 Å². The highest BCUT2D eigenvalue weighted by molar-refractivity contribution is 8.05. The van der Waals surface area contributed by atoms with Crippen LogP contribution in [-0.4, -0.2) is 40.5 Å². The van der Waals surface area contributed by atoms with Gasteiger partial charge in [0.1, 0.15) is 0 Å². The van der Waals surface area contributed by atoms with Crippen molar-refractivity contribution in [1.29, 1.82) is 0 Å². The Morgan fingerprint density at radius 3 is 2.16 bits per heavy atom. The molecule has 0 aliphatic heterocycles. The Balaban J connectivity index is 4.44. The molecule has 0 spiro atoms. The average Bonchev–Trinajstić information content (AvgIpc) is 2.20. The molecule has 0 aromatic rings. The Bertz CT molecular complexity index is 538. The van der Waals surface area contributed by atoms with E-state index >= 15 is 0 Å². The van der Waals surface area contributed by atoms with Crippen LogP contribution >= 0.6 is 0 Å². The zero-order valence-electron chi connectivity index (χ0n) is 9.40. The van der Waals surface area contributed by atoms with Crippen molar-refractivity contribution >= 4 is 26.0 Å². The van der Waals surface area contributed by atoms with Crippen LogP contribution in [0.5, 0.6) is 0 Å². The van der Waals surface area contributed by atoms with Gasteiger partial charge in [0.2, 0.25) is 15.9 Å². The molecule has 0 aromatic carbocycles. The van der Waals surface area contributed by atoms with Gasteiger partial charge >= 0.3 is 15.5 Å². The number of halogens is 3. The van der Waals surface area contributed by atoms with Crippen LogP contribution in [0, 0.1) is 0 Å². The van der Waals surface area contributed by atoms with Crippen LogP contribution in [0.25, 0.3) is 0 Å².